The zero-order chi connectivity index (χ0) is 16.9. The molecule has 0 aliphatic heterocycles. The van der Waals surface area contributed by atoms with Gasteiger partial charge in [-0.1, -0.05) is 36.9 Å². The number of aromatic amines is 1. The second kappa shape index (κ2) is 7.09. The second-order valence-corrected chi connectivity index (χ2v) is 5.93. The first-order valence-electron chi connectivity index (χ1n) is 7.95. The number of benzene rings is 2. The van der Waals surface area contributed by atoms with Gasteiger partial charge in [0.2, 0.25) is 0 Å². The van der Waals surface area contributed by atoms with Crippen LogP contribution in [-0.4, -0.2) is 16.7 Å². The summed E-state index contributed by atoms with van der Waals surface area (Å²) in [4.78, 5) is 3.27. The predicted molar refractivity (Wildman–Crippen MR) is 99.5 cm³/mol. The molecule has 2 N–H and O–H groups in total. The number of para-hydroxylation sites is 1. The van der Waals surface area contributed by atoms with Crippen molar-refractivity contribution in [3.63, 3.8) is 0 Å². The highest BCUT2D eigenvalue weighted by atomic mass is 16.5. The van der Waals surface area contributed by atoms with Crippen LogP contribution in [0.3, 0.4) is 0 Å². The average molecular weight is 319 g/mol. The maximum Gasteiger partial charge on any atom is 0.126 e. The van der Waals surface area contributed by atoms with Crippen molar-refractivity contribution in [2.45, 2.75) is 13.3 Å². The quantitative estimate of drug-likeness (QED) is 0.622. The molecule has 0 atom stereocenters. The number of phenolic OH excluding ortho intramolecular Hbond substituents is 1. The lowest BCUT2D eigenvalue weighted by atomic mass is 10.1. The Kier molecular flexibility index (Phi) is 4.71. The third kappa shape index (κ3) is 3.69. The van der Waals surface area contributed by atoms with Gasteiger partial charge in [0, 0.05) is 28.7 Å². The van der Waals surface area contributed by atoms with Gasteiger partial charge in [0.15, 0.2) is 0 Å². The van der Waals surface area contributed by atoms with Gasteiger partial charge in [0.1, 0.15) is 18.1 Å². The minimum Gasteiger partial charge on any atom is -0.507 e. The third-order valence-electron chi connectivity index (χ3n) is 3.80. The predicted octanol–water partition coefficient (Wildman–Crippen LogP) is 5.08. The fourth-order valence-corrected chi connectivity index (χ4v) is 2.57. The Morgan fingerprint density at radius 1 is 1.25 bits per heavy atom. The number of rotatable bonds is 6. The zero-order valence-electron chi connectivity index (χ0n) is 13.8. The van der Waals surface area contributed by atoms with E-state index in [-0.39, 0.29) is 5.75 Å². The molecule has 0 saturated carbocycles. The van der Waals surface area contributed by atoms with Crippen molar-refractivity contribution in [1.82, 2.24) is 4.98 Å². The molecule has 0 saturated heterocycles. The fraction of sp³-hybridized carbons (Fsp3) is 0.143. The van der Waals surface area contributed by atoms with E-state index in [1.54, 1.807) is 6.07 Å². The molecule has 3 nitrogen and oxygen atoms in total. The molecule has 2 aromatic carbocycles. The Morgan fingerprint density at radius 2 is 2.08 bits per heavy atom. The van der Waals surface area contributed by atoms with Crippen molar-refractivity contribution < 1.29 is 9.84 Å². The Hall–Kier alpha value is -2.94. The van der Waals surface area contributed by atoms with Gasteiger partial charge in [0.05, 0.1) is 0 Å². The number of hydrogen-bond donors (Lipinski definition) is 2. The first kappa shape index (κ1) is 15.9. The average Bonchev–Trinajstić information content (AvgIpc) is 2.98. The summed E-state index contributed by atoms with van der Waals surface area (Å²) in [5.41, 5.74) is 4.10. The van der Waals surface area contributed by atoms with Gasteiger partial charge in [-0.2, -0.15) is 0 Å². The van der Waals surface area contributed by atoms with Crippen LogP contribution in [0, 0.1) is 0 Å². The highest BCUT2D eigenvalue weighted by molar-refractivity contribution is 5.83. The first-order valence-corrected chi connectivity index (χ1v) is 7.95. The Morgan fingerprint density at radius 3 is 2.88 bits per heavy atom. The monoisotopic (exact) mass is 319 g/mol. The normalized spacial score (nSPS) is 11.2. The minimum absolute atomic E-state index is 0.212. The fourth-order valence-electron chi connectivity index (χ4n) is 2.57. The molecule has 0 amide bonds. The number of H-pyrrole nitrogens is 1. The van der Waals surface area contributed by atoms with Crippen LogP contribution < -0.4 is 4.74 Å². The van der Waals surface area contributed by atoms with Crippen molar-refractivity contribution in [3.8, 4) is 11.5 Å². The minimum atomic E-state index is 0.212. The lowest BCUT2D eigenvalue weighted by molar-refractivity contribution is 0.349. The van der Waals surface area contributed by atoms with Crippen LogP contribution in [0.4, 0.5) is 0 Å². The summed E-state index contributed by atoms with van der Waals surface area (Å²) in [6, 6.07) is 13.6. The maximum absolute atomic E-state index is 10.1. The molecule has 3 heteroatoms. The van der Waals surface area contributed by atoms with Crippen molar-refractivity contribution in [2.75, 3.05) is 6.61 Å². The van der Waals surface area contributed by atoms with Gasteiger partial charge < -0.3 is 14.8 Å². The number of phenols is 1. The number of allylic oxidation sites excluding steroid dienone is 1. The van der Waals surface area contributed by atoms with E-state index in [1.165, 1.54) is 10.9 Å². The first-order chi connectivity index (χ1) is 11.6. The summed E-state index contributed by atoms with van der Waals surface area (Å²) in [6.07, 6.45) is 6.82. The van der Waals surface area contributed by atoms with Crippen molar-refractivity contribution in [2.24, 2.45) is 0 Å². The number of ether oxygens (including phenoxy) is 1. The molecule has 122 valence electrons. The van der Waals surface area contributed by atoms with E-state index >= 15 is 0 Å². The molecule has 0 aliphatic carbocycles. The van der Waals surface area contributed by atoms with Crippen molar-refractivity contribution in [3.05, 3.63) is 78.0 Å². The Labute approximate surface area is 141 Å². The van der Waals surface area contributed by atoms with Crippen molar-refractivity contribution in [1.29, 1.82) is 0 Å². The van der Waals surface area contributed by atoms with Crippen LogP contribution in [0.1, 0.15) is 18.1 Å². The number of hydrogen-bond acceptors (Lipinski definition) is 2. The third-order valence-corrected chi connectivity index (χ3v) is 3.80. The van der Waals surface area contributed by atoms with Gasteiger partial charge in [-0.05, 0) is 42.7 Å². The lowest BCUT2D eigenvalue weighted by Crippen LogP contribution is -1.97. The van der Waals surface area contributed by atoms with E-state index in [1.807, 2.05) is 43.5 Å². The van der Waals surface area contributed by atoms with Crippen LogP contribution in [0.25, 0.3) is 17.0 Å². The SMILES string of the molecule is C=C(C)COc1ccc(C=CCc2c[nH]c3ccccc23)c(O)c1. The van der Waals surface area contributed by atoms with Gasteiger partial charge in [-0.3, -0.25) is 0 Å². The molecule has 0 fully saturated rings. The molecule has 0 aliphatic rings. The van der Waals surface area contributed by atoms with E-state index in [2.05, 4.69) is 29.8 Å². The van der Waals surface area contributed by atoms with E-state index in [0.29, 0.717) is 12.4 Å². The molecular weight excluding hydrogens is 298 g/mol. The standard InChI is InChI=1S/C21H21NO2/c1-15(2)14-24-18-11-10-16(21(23)12-18)6-5-7-17-13-22-20-9-4-3-8-19(17)20/h3-6,8-13,22-23H,1,7,14H2,2H3. The van der Waals surface area contributed by atoms with Crippen molar-refractivity contribution >= 4 is 17.0 Å². The summed E-state index contributed by atoms with van der Waals surface area (Å²) >= 11 is 0. The summed E-state index contributed by atoms with van der Waals surface area (Å²) in [5.74, 6) is 0.855. The largest absolute Gasteiger partial charge is 0.507 e. The van der Waals surface area contributed by atoms with Gasteiger partial charge in [0.25, 0.3) is 0 Å². The summed E-state index contributed by atoms with van der Waals surface area (Å²) in [7, 11) is 0. The molecular formula is C21H21NO2. The highest BCUT2D eigenvalue weighted by Crippen LogP contribution is 2.25. The number of fused-ring (bicyclic) bond motifs is 1. The Balaban J connectivity index is 1.69. The smallest absolute Gasteiger partial charge is 0.126 e. The van der Waals surface area contributed by atoms with Gasteiger partial charge in [-0.25, -0.2) is 0 Å². The molecule has 0 bridgehead atoms. The van der Waals surface area contributed by atoms with Gasteiger partial charge in [-0.15, -0.1) is 0 Å². The molecule has 0 unspecified atom stereocenters. The number of aromatic hydroxyl groups is 1. The highest BCUT2D eigenvalue weighted by Gasteiger charge is 2.03. The molecule has 0 spiro atoms. The molecule has 3 rings (SSSR count). The van der Waals surface area contributed by atoms with Crippen LogP contribution in [0.5, 0.6) is 11.5 Å². The van der Waals surface area contributed by atoms with Crippen LogP contribution >= 0.6 is 0 Å². The van der Waals surface area contributed by atoms with E-state index in [4.69, 9.17) is 4.74 Å². The van der Waals surface area contributed by atoms with Crippen LogP contribution in [0.15, 0.2) is 66.9 Å². The topological polar surface area (TPSA) is 45.2 Å². The summed E-state index contributed by atoms with van der Waals surface area (Å²) in [5, 5.41) is 11.4. The van der Waals surface area contributed by atoms with Gasteiger partial charge >= 0.3 is 0 Å². The molecule has 3 aromatic rings. The molecule has 24 heavy (non-hydrogen) atoms. The lowest BCUT2D eigenvalue weighted by Gasteiger charge is -2.07. The zero-order valence-corrected chi connectivity index (χ0v) is 13.8. The number of nitrogens with one attached hydrogen (secondary N) is 1. The van der Waals surface area contributed by atoms with E-state index < -0.39 is 0 Å². The molecule has 1 aromatic heterocycles. The molecule has 1 heterocycles. The van der Waals surface area contributed by atoms with E-state index in [0.717, 1.165) is 23.1 Å². The summed E-state index contributed by atoms with van der Waals surface area (Å²) in [6.45, 7) is 6.15. The second-order valence-electron chi connectivity index (χ2n) is 5.93. The number of aromatic nitrogens is 1. The van der Waals surface area contributed by atoms with E-state index in [9.17, 15) is 5.11 Å². The maximum atomic E-state index is 10.1. The molecule has 0 radical (unpaired) electrons. The Bertz CT molecular complexity index is 890. The van der Waals surface area contributed by atoms with Crippen LogP contribution in [-0.2, 0) is 6.42 Å². The summed E-state index contributed by atoms with van der Waals surface area (Å²) < 4.78 is 5.53. The van der Waals surface area contributed by atoms with Crippen LogP contribution in [0.2, 0.25) is 0 Å².